The van der Waals surface area contributed by atoms with Gasteiger partial charge >= 0.3 is 5.97 Å². The predicted octanol–water partition coefficient (Wildman–Crippen LogP) is 1.19. The minimum atomic E-state index is -1.09. The van der Waals surface area contributed by atoms with Crippen molar-refractivity contribution in [1.82, 2.24) is 15.0 Å². The zero-order valence-electron chi connectivity index (χ0n) is 9.41. The number of nitrogens with zero attached hydrogens (tertiary/aromatic N) is 3. The summed E-state index contributed by atoms with van der Waals surface area (Å²) in [6.45, 7) is 0. The molecule has 0 radical (unpaired) electrons. The van der Waals surface area contributed by atoms with E-state index in [0.29, 0.717) is 17.0 Å². The van der Waals surface area contributed by atoms with Crippen molar-refractivity contribution in [2.45, 2.75) is 0 Å². The summed E-state index contributed by atoms with van der Waals surface area (Å²) in [7, 11) is 3.15. The Morgan fingerprint density at radius 1 is 1.29 bits per heavy atom. The third kappa shape index (κ3) is 2.10. The molecule has 0 atom stereocenters. The molecule has 1 heterocycles. The lowest BCUT2D eigenvalue weighted by molar-refractivity contribution is 0.0690. The van der Waals surface area contributed by atoms with Crippen LogP contribution >= 0.6 is 0 Å². The van der Waals surface area contributed by atoms with Gasteiger partial charge < -0.3 is 9.84 Å². The van der Waals surface area contributed by atoms with E-state index in [2.05, 4.69) is 10.2 Å². The van der Waals surface area contributed by atoms with Crippen LogP contribution in [0.3, 0.4) is 0 Å². The number of aromatic carboxylic acids is 1. The fraction of sp³-hybridized carbons (Fsp3) is 0.182. The van der Waals surface area contributed by atoms with Crippen molar-refractivity contribution in [2.75, 3.05) is 7.11 Å². The molecule has 6 nitrogen and oxygen atoms in total. The smallest absolute Gasteiger partial charge is 0.358 e. The number of carboxylic acids is 1. The molecular formula is C11H11N3O3. The van der Waals surface area contributed by atoms with Crippen molar-refractivity contribution in [3.05, 3.63) is 30.0 Å². The Kier molecular flexibility index (Phi) is 2.78. The van der Waals surface area contributed by atoms with E-state index >= 15 is 0 Å². The van der Waals surface area contributed by atoms with Crippen molar-refractivity contribution in [3.63, 3.8) is 0 Å². The molecule has 17 heavy (non-hydrogen) atoms. The lowest BCUT2D eigenvalue weighted by Gasteiger charge is -2.00. The number of aromatic nitrogens is 3. The Bertz CT molecular complexity index is 546. The topological polar surface area (TPSA) is 77.2 Å². The largest absolute Gasteiger partial charge is 0.497 e. The van der Waals surface area contributed by atoms with Crippen LogP contribution in [0.15, 0.2) is 24.3 Å². The third-order valence-corrected chi connectivity index (χ3v) is 2.28. The first kappa shape index (κ1) is 11.1. The van der Waals surface area contributed by atoms with Gasteiger partial charge in [0.05, 0.1) is 7.11 Å². The number of carboxylic acid groups (broad SMARTS) is 1. The van der Waals surface area contributed by atoms with E-state index in [4.69, 9.17) is 9.84 Å². The van der Waals surface area contributed by atoms with E-state index < -0.39 is 5.97 Å². The Morgan fingerprint density at radius 2 is 1.94 bits per heavy atom. The van der Waals surface area contributed by atoms with Crippen LogP contribution in [0, 0.1) is 0 Å². The van der Waals surface area contributed by atoms with Gasteiger partial charge in [-0.25, -0.2) is 4.79 Å². The zero-order chi connectivity index (χ0) is 12.4. The number of aryl methyl sites for hydroxylation is 1. The first-order valence-electron chi connectivity index (χ1n) is 4.91. The monoisotopic (exact) mass is 233 g/mol. The van der Waals surface area contributed by atoms with Crippen molar-refractivity contribution >= 4 is 5.97 Å². The Balaban J connectivity index is 2.48. The van der Waals surface area contributed by atoms with Crippen LogP contribution in [0.1, 0.15) is 10.5 Å². The van der Waals surface area contributed by atoms with Gasteiger partial charge in [-0.3, -0.25) is 0 Å². The van der Waals surface area contributed by atoms with Gasteiger partial charge in [-0.05, 0) is 24.3 Å². The summed E-state index contributed by atoms with van der Waals surface area (Å²) >= 11 is 0. The summed E-state index contributed by atoms with van der Waals surface area (Å²) < 4.78 is 5.03. The Hall–Kier alpha value is -2.37. The van der Waals surface area contributed by atoms with E-state index in [9.17, 15) is 4.79 Å². The lowest BCUT2D eigenvalue weighted by atomic mass is 10.1. The number of rotatable bonds is 3. The van der Waals surface area contributed by atoms with Gasteiger partial charge in [-0.2, -0.15) is 9.90 Å². The van der Waals surface area contributed by atoms with E-state index in [0.717, 1.165) is 0 Å². The molecule has 6 heteroatoms. The van der Waals surface area contributed by atoms with Crippen LogP contribution in [0.5, 0.6) is 5.75 Å². The number of benzene rings is 1. The molecular weight excluding hydrogens is 222 g/mol. The molecule has 1 aromatic heterocycles. The van der Waals surface area contributed by atoms with Crippen LogP contribution < -0.4 is 4.74 Å². The normalized spacial score (nSPS) is 10.2. The SMILES string of the molecule is COc1ccc(-c2nn(C)nc2C(=O)O)cc1. The van der Waals surface area contributed by atoms with E-state index in [-0.39, 0.29) is 5.69 Å². The molecule has 0 unspecified atom stereocenters. The van der Waals surface area contributed by atoms with E-state index in [1.165, 1.54) is 4.80 Å². The standard InChI is InChI=1S/C11H11N3O3/c1-14-12-9(10(13-14)11(15)16)7-3-5-8(17-2)6-4-7/h3-6H,1-2H3,(H,15,16). The summed E-state index contributed by atoms with van der Waals surface area (Å²) in [5.41, 5.74) is 0.983. The van der Waals surface area contributed by atoms with Gasteiger partial charge in [0.25, 0.3) is 0 Å². The fourth-order valence-corrected chi connectivity index (χ4v) is 1.49. The van der Waals surface area contributed by atoms with Gasteiger partial charge in [0.1, 0.15) is 11.4 Å². The van der Waals surface area contributed by atoms with E-state index in [1.807, 2.05) is 0 Å². The van der Waals surface area contributed by atoms with Crippen LogP contribution in [0.4, 0.5) is 0 Å². The van der Waals surface area contributed by atoms with E-state index in [1.54, 1.807) is 38.4 Å². The van der Waals surface area contributed by atoms with Crippen molar-refractivity contribution < 1.29 is 14.6 Å². The Morgan fingerprint density at radius 3 is 2.47 bits per heavy atom. The van der Waals surface area contributed by atoms with Crippen LogP contribution in [-0.2, 0) is 7.05 Å². The average Bonchev–Trinajstić information content (AvgIpc) is 2.72. The first-order valence-corrected chi connectivity index (χ1v) is 4.91. The van der Waals surface area contributed by atoms with Crippen molar-refractivity contribution in [2.24, 2.45) is 7.05 Å². The molecule has 0 amide bonds. The number of hydrogen-bond donors (Lipinski definition) is 1. The zero-order valence-corrected chi connectivity index (χ0v) is 9.41. The van der Waals surface area contributed by atoms with Gasteiger partial charge in [0.2, 0.25) is 0 Å². The number of methoxy groups -OCH3 is 1. The highest BCUT2D eigenvalue weighted by molar-refractivity contribution is 5.92. The molecule has 0 saturated heterocycles. The number of ether oxygens (including phenoxy) is 1. The molecule has 0 spiro atoms. The molecule has 2 rings (SSSR count). The van der Waals surface area contributed by atoms with Gasteiger partial charge in [0, 0.05) is 12.6 Å². The molecule has 1 aromatic carbocycles. The summed E-state index contributed by atoms with van der Waals surface area (Å²) in [4.78, 5) is 12.2. The molecule has 2 aromatic rings. The highest BCUT2D eigenvalue weighted by Gasteiger charge is 2.18. The van der Waals surface area contributed by atoms with Gasteiger partial charge in [0.15, 0.2) is 5.69 Å². The maximum Gasteiger partial charge on any atom is 0.358 e. The Labute approximate surface area is 97.4 Å². The van der Waals surface area contributed by atoms with Gasteiger partial charge in [-0.15, -0.1) is 5.10 Å². The average molecular weight is 233 g/mol. The molecule has 0 saturated carbocycles. The molecule has 1 N–H and O–H groups in total. The second kappa shape index (κ2) is 4.25. The molecule has 0 fully saturated rings. The quantitative estimate of drug-likeness (QED) is 0.861. The minimum absolute atomic E-state index is 0.0577. The number of carbonyl (C=O) groups is 1. The maximum atomic E-state index is 11.0. The highest BCUT2D eigenvalue weighted by Crippen LogP contribution is 2.22. The molecule has 0 bridgehead atoms. The van der Waals surface area contributed by atoms with Crippen LogP contribution in [-0.4, -0.2) is 33.2 Å². The molecule has 0 aliphatic heterocycles. The summed E-state index contributed by atoms with van der Waals surface area (Å²) in [5, 5.41) is 16.8. The predicted molar refractivity (Wildman–Crippen MR) is 60.0 cm³/mol. The van der Waals surface area contributed by atoms with Gasteiger partial charge in [-0.1, -0.05) is 0 Å². The third-order valence-electron chi connectivity index (χ3n) is 2.28. The summed E-state index contributed by atoms with van der Waals surface area (Å²) in [5.74, 6) is -0.390. The van der Waals surface area contributed by atoms with Crippen LogP contribution in [0.2, 0.25) is 0 Å². The minimum Gasteiger partial charge on any atom is -0.497 e. The summed E-state index contributed by atoms with van der Waals surface area (Å²) in [6.07, 6.45) is 0. The fourth-order valence-electron chi connectivity index (χ4n) is 1.49. The lowest BCUT2D eigenvalue weighted by Crippen LogP contribution is -2.00. The molecule has 88 valence electrons. The molecule has 0 aliphatic carbocycles. The second-order valence-corrected chi connectivity index (χ2v) is 3.42. The second-order valence-electron chi connectivity index (χ2n) is 3.42. The van der Waals surface area contributed by atoms with Crippen LogP contribution in [0.25, 0.3) is 11.3 Å². The highest BCUT2D eigenvalue weighted by atomic mass is 16.5. The first-order chi connectivity index (χ1) is 8.11. The molecule has 0 aliphatic rings. The summed E-state index contributed by atoms with van der Waals surface area (Å²) in [6, 6.07) is 6.98. The number of hydrogen-bond acceptors (Lipinski definition) is 4. The maximum absolute atomic E-state index is 11.0. The van der Waals surface area contributed by atoms with Crippen molar-refractivity contribution in [1.29, 1.82) is 0 Å². The van der Waals surface area contributed by atoms with Crippen molar-refractivity contribution in [3.8, 4) is 17.0 Å².